The highest BCUT2D eigenvalue weighted by atomic mass is 19.4. The Kier molecular flexibility index (Phi) is 9.40. The lowest BCUT2D eigenvalue weighted by molar-refractivity contribution is -0.142. The van der Waals surface area contributed by atoms with Gasteiger partial charge in [-0.2, -0.15) is 13.2 Å². The van der Waals surface area contributed by atoms with Crippen molar-refractivity contribution >= 4 is 10.8 Å². The molecule has 0 heterocycles. The Bertz CT molecular complexity index is 1200. The fourth-order valence-electron chi connectivity index (χ4n) is 5.75. The highest BCUT2D eigenvalue weighted by molar-refractivity contribution is 5.84. The van der Waals surface area contributed by atoms with Gasteiger partial charge in [-0.25, -0.2) is 13.2 Å². The van der Waals surface area contributed by atoms with E-state index in [1.54, 1.807) is 19.2 Å². The zero-order valence-corrected chi connectivity index (χ0v) is 21.7. The molecule has 0 atom stereocenters. The van der Waals surface area contributed by atoms with E-state index in [0.717, 1.165) is 43.1 Å². The zero-order chi connectivity index (χ0) is 27.3. The molecule has 1 fully saturated rings. The van der Waals surface area contributed by atoms with E-state index in [0.29, 0.717) is 23.1 Å². The lowest BCUT2D eigenvalue weighted by atomic mass is 9.78. The third-order valence-corrected chi connectivity index (χ3v) is 7.94. The van der Waals surface area contributed by atoms with Crippen LogP contribution < -0.4 is 0 Å². The third kappa shape index (κ3) is 7.10. The van der Waals surface area contributed by atoms with Crippen molar-refractivity contribution in [2.45, 2.75) is 70.4 Å². The van der Waals surface area contributed by atoms with Crippen LogP contribution in [-0.4, -0.2) is 13.7 Å². The van der Waals surface area contributed by atoms with Gasteiger partial charge in [0.15, 0.2) is 0 Å². The van der Waals surface area contributed by atoms with Gasteiger partial charge in [-0.15, -0.1) is 0 Å². The van der Waals surface area contributed by atoms with Crippen LogP contribution >= 0.6 is 0 Å². The van der Waals surface area contributed by atoms with Crippen LogP contribution in [0.25, 0.3) is 10.8 Å². The number of aryl methyl sites for hydroxylation is 3. The average molecular weight is 537 g/mol. The summed E-state index contributed by atoms with van der Waals surface area (Å²) in [5.74, 6) is -2.18. The Morgan fingerprint density at radius 2 is 1.42 bits per heavy atom. The number of methoxy groups -OCH3 is 1. The van der Waals surface area contributed by atoms with Gasteiger partial charge in [-0.05, 0) is 84.6 Å². The molecule has 1 aliphatic carbocycles. The lowest BCUT2D eigenvalue weighted by Crippen LogP contribution is -2.15. The Hall–Kier alpha value is -2.54. The number of fused-ring (bicyclic) bond motifs is 1. The number of benzene rings is 3. The van der Waals surface area contributed by atoms with Crippen LogP contribution in [-0.2, 0) is 30.2 Å². The van der Waals surface area contributed by atoms with Gasteiger partial charge < -0.3 is 4.74 Å². The predicted molar refractivity (Wildman–Crippen MR) is 138 cm³/mol. The molecule has 0 bridgehead atoms. The second-order valence-corrected chi connectivity index (χ2v) is 10.6. The minimum atomic E-state index is -5.11. The number of rotatable bonds is 10. The van der Waals surface area contributed by atoms with E-state index in [1.165, 1.54) is 37.7 Å². The van der Waals surface area contributed by atoms with Gasteiger partial charge in [-0.3, -0.25) is 0 Å². The molecule has 1 nitrogen and oxygen atoms in total. The molecular formula is C31H34F6O. The molecule has 0 unspecified atom stereocenters. The third-order valence-electron chi connectivity index (χ3n) is 7.94. The zero-order valence-electron chi connectivity index (χ0n) is 21.7. The van der Waals surface area contributed by atoms with Gasteiger partial charge in [0.2, 0.25) is 0 Å². The van der Waals surface area contributed by atoms with Crippen LogP contribution in [0.15, 0.2) is 42.5 Å². The topological polar surface area (TPSA) is 9.23 Å². The molecule has 0 aromatic heterocycles. The maximum atomic E-state index is 15.2. The van der Waals surface area contributed by atoms with Crippen molar-refractivity contribution in [3.63, 3.8) is 0 Å². The van der Waals surface area contributed by atoms with Crippen molar-refractivity contribution < 1.29 is 31.1 Å². The second-order valence-electron chi connectivity index (χ2n) is 10.6. The van der Waals surface area contributed by atoms with Crippen molar-refractivity contribution in [1.29, 1.82) is 0 Å². The molecule has 0 radical (unpaired) electrons. The summed E-state index contributed by atoms with van der Waals surface area (Å²) >= 11 is 0. The molecule has 0 amide bonds. The molecule has 4 rings (SSSR count). The summed E-state index contributed by atoms with van der Waals surface area (Å²) in [7, 11) is 1.75. The van der Waals surface area contributed by atoms with E-state index in [-0.39, 0.29) is 18.4 Å². The van der Waals surface area contributed by atoms with Crippen LogP contribution in [0.5, 0.6) is 0 Å². The SMILES string of the molecule is COCCCC1CCC(CCc2ccc3c(F)c(CCc4cc(F)c(C(F)(F)F)c(F)c4)ccc3c2)CC1. The first-order chi connectivity index (χ1) is 18.2. The van der Waals surface area contributed by atoms with Crippen LogP contribution in [0.1, 0.15) is 67.2 Å². The summed E-state index contributed by atoms with van der Waals surface area (Å²) in [4.78, 5) is 0. The molecule has 0 aliphatic heterocycles. The summed E-state index contributed by atoms with van der Waals surface area (Å²) in [6, 6.07) is 10.6. The smallest absolute Gasteiger partial charge is 0.385 e. The van der Waals surface area contributed by atoms with E-state index < -0.39 is 29.2 Å². The van der Waals surface area contributed by atoms with Gasteiger partial charge in [0.05, 0.1) is 0 Å². The van der Waals surface area contributed by atoms with Gasteiger partial charge in [-0.1, -0.05) is 56.0 Å². The fourth-order valence-corrected chi connectivity index (χ4v) is 5.75. The molecule has 38 heavy (non-hydrogen) atoms. The molecule has 0 saturated heterocycles. The molecule has 3 aromatic rings. The Morgan fingerprint density at radius 3 is 2.05 bits per heavy atom. The normalized spacial score (nSPS) is 18.3. The molecule has 0 spiro atoms. The number of ether oxygens (including phenoxy) is 1. The lowest BCUT2D eigenvalue weighted by Gasteiger charge is -2.28. The maximum absolute atomic E-state index is 15.2. The molecule has 3 aromatic carbocycles. The second kappa shape index (κ2) is 12.5. The molecule has 206 valence electrons. The highest BCUT2D eigenvalue weighted by Gasteiger charge is 2.37. The van der Waals surface area contributed by atoms with Crippen LogP contribution in [0.3, 0.4) is 0 Å². The molecular weight excluding hydrogens is 502 g/mol. The predicted octanol–water partition coefficient (Wildman–Crippen LogP) is 9.23. The van der Waals surface area contributed by atoms with Gasteiger partial charge in [0, 0.05) is 19.1 Å². The van der Waals surface area contributed by atoms with Crippen molar-refractivity contribution in [1.82, 2.24) is 0 Å². The molecule has 1 saturated carbocycles. The summed E-state index contributed by atoms with van der Waals surface area (Å²) in [6.45, 7) is 0.836. The number of hydrogen-bond donors (Lipinski definition) is 0. The van der Waals surface area contributed by atoms with E-state index in [2.05, 4.69) is 0 Å². The summed E-state index contributed by atoms with van der Waals surface area (Å²) in [5, 5.41) is 1.25. The minimum Gasteiger partial charge on any atom is -0.385 e. The first-order valence-corrected chi connectivity index (χ1v) is 13.4. The summed E-state index contributed by atoms with van der Waals surface area (Å²) < 4.78 is 86.5. The fraction of sp³-hybridized carbons (Fsp3) is 0.484. The van der Waals surface area contributed by atoms with Crippen LogP contribution in [0.4, 0.5) is 26.3 Å². The van der Waals surface area contributed by atoms with E-state index in [9.17, 15) is 22.0 Å². The quantitative estimate of drug-likeness (QED) is 0.185. The Balaban J connectivity index is 1.34. The van der Waals surface area contributed by atoms with Crippen LogP contribution in [0.2, 0.25) is 0 Å². The molecule has 0 N–H and O–H groups in total. The van der Waals surface area contributed by atoms with E-state index in [4.69, 9.17) is 4.74 Å². The first kappa shape index (κ1) is 28.5. The van der Waals surface area contributed by atoms with Crippen LogP contribution in [0, 0.1) is 29.3 Å². The Morgan fingerprint density at radius 1 is 0.763 bits per heavy atom. The monoisotopic (exact) mass is 536 g/mol. The minimum absolute atomic E-state index is 0.0150. The number of alkyl halides is 3. The number of halogens is 6. The largest absolute Gasteiger partial charge is 0.422 e. The standard InChI is InChI=1S/C31H34F6O/c1-38-16-2-3-20-4-6-21(7-5-20)8-9-22-11-15-26-25(17-22)14-13-24(30(26)34)12-10-23-18-27(32)29(28(33)19-23)31(35,36)37/h11,13-15,17-21H,2-10,12,16H2,1H3. The van der Waals surface area contributed by atoms with Crippen molar-refractivity contribution in [3.05, 3.63) is 82.2 Å². The van der Waals surface area contributed by atoms with E-state index in [1.807, 2.05) is 18.2 Å². The van der Waals surface area contributed by atoms with Crippen molar-refractivity contribution in [2.75, 3.05) is 13.7 Å². The average Bonchev–Trinajstić information content (AvgIpc) is 2.87. The Labute approximate surface area is 220 Å². The molecule has 1 aliphatic rings. The van der Waals surface area contributed by atoms with Gasteiger partial charge in [0.25, 0.3) is 0 Å². The highest BCUT2D eigenvalue weighted by Crippen LogP contribution is 2.35. The maximum Gasteiger partial charge on any atom is 0.422 e. The van der Waals surface area contributed by atoms with Gasteiger partial charge >= 0.3 is 6.18 Å². The van der Waals surface area contributed by atoms with Crippen molar-refractivity contribution in [2.24, 2.45) is 11.8 Å². The first-order valence-electron chi connectivity index (χ1n) is 13.4. The summed E-state index contributed by atoms with van der Waals surface area (Å²) in [5.41, 5.74) is -0.331. The van der Waals surface area contributed by atoms with Crippen molar-refractivity contribution in [3.8, 4) is 0 Å². The van der Waals surface area contributed by atoms with E-state index >= 15 is 4.39 Å². The number of hydrogen-bond acceptors (Lipinski definition) is 1. The summed E-state index contributed by atoms with van der Waals surface area (Å²) in [6.07, 6.45) is 4.55. The van der Waals surface area contributed by atoms with Gasteiger partial charge in [0.1, 0.15) is 23.0 Å². The molecule has 7 heteroatoms.